The number of unbranched alkanes of at least 4 members (excludes halogenated alkanes) is 1. The maximum atomic E-state index is 13.7. The van der Waals surface area contributed by atoms with Crippen molar-refractivity contribution < 1.29 is 13.9 Å². The van der Waals surface area contributed by atoms with Gasteiger partial charge in [-0.3, -0.25) is 9.59 Å². The van der Waals surface area contributed by atoms with Crippen LogP contribution in [0.3, 0.4) is 0 Å². The zero-order valence-electron chi connectivity index (χ0n) is 18.7. The fourth-order valence-corrected chi connectivity index (χ4v) is 4.44. The van der Waals surface area contributed by atoms with Gasteiger partial charge in [0.05, 0.1) is 23.6 Å². The van der Waals surface area contributed by atoms with Gasteiger partial charge in [-0.1, -0.05) is 38.5 Å². The van der Waals surface area contributed by atoms with Crippen LogP contribution < -0.4 is 10.2 Å². The van der Waals surface area contributed by atoms with E-state index in [4.69, 9.17) is 9.15 Å². The minimum Gasteiger partial charge on any atom is -0.494 e. The van der Waals surface area contributed by atoms with Crippen molar-refractivity contribution in [3.05, 3.63) is 74.6 Å². The summed E-state index contributed by atoms with van der Waals surface area (Å²) in [5, 5.41) is 0.552. The van der Waals surface area contributed by atoms with Crippen molar-refractivity contribution in [1.82, 2.24) is 4.90 Å². The molecule has 5 heteroatoms. The van der Waals surface area contributed by atoms with Gasteiger partial charge in [0.15, 0.2) is 5.43 Å². The molecule has 5 nitrogen and oxygen atoms in total. The van der Waals surface area contributed by atoms with E-state index in [1.54, 1.807) is 4.90 Å². The molecule has 1 unspecified atom stereocenters. The van der Waals surface area contributed by atoms with Crippen molar-refractivity contribution in [3.63, 3.8) is 0 Å². The fraction of sp³-hybridized carbons (Fsp3) is 0.385. The summed E-state index contributed by atoms with van der Waals surface area (Å²) in [7, 11) is 0. The van der Waals surface area contributed by atoms with E-state index < -0.39 is 6.04 Å². The zero-order valence-corrected chi connectivity index (χ0v) is 18.7. The van der Waals surface area contributed by atoms with Crippen molar-refractivity contribution in [2.24, 2.45) is 0 Å². The monoisotopic (exact) mass is 419 g/mol. The highest BCUT2D eigenvalue weighted by Gasteiger charge is 2.42. The van der Waals surface area contributed by atoms with E-state index in [1.165, 1.54) is 0 Å². The molecule has 0 aliphatic carbocycles. The second-order valence-electron chi connectivity index (χ2n) is 8.30. The molecule has 1 aliphatic rings. The van der Waals surface area contributed by atoms with Gasteiger partial charge in [-0.2, -0.15) is 0 Å². The van der Waals surface area contributed by atoms with Crippen LogP contribution in [0, 0.1) is 13.8 Å². The summed E-state index contributed by atoms with van der Waals surface area (Å²) in [5.41, 5.74) is 3.52. The topological polar surface area (TPSA) is 59.8 Å². The molecule has 0 radical (unpaired) electrons. The Morgan fingerprint density at radius 3 is 2.61 bits per heavy atom. The number of carbonyl (C=O) groups is 1. The Morgan fingerprint density at radius 2 is 1.87 bits per heavy atom. The third kappa shape index (κ3) is 3.73. The summed E-state index contributed by atoms with van der Waals surface area (Å²) in [5.74, 6) is 0.691. The molecule has 2 aromatic carbocycles. The number of amides is 1. The third-order valence-electron chi connectivity index (χ3n) is 5.82. The van der Waals surface area contributed by atoms with Crippen LogP contribution >= 0.6 is 0 Å². The number of rotatable bonds is 7. The van der Waals surface area contributed by atoms with Crippen LogP contribution in [0.25, 0.3) is 11.0 Å². The van der Waals surface area contributed by atoms with Gasteiger partial charge in [0.25, 0.3) is 5.91 Å². The molecule has 4 rings (SSSR count). The predicted octanol–water partition coefficient (Wildman–Crippen LogP) is 5.54. The number of nitrogens with zero attached hydrogens (tertiary/aromatic N) is 1. The summed E-state index contributed by atoms with van der Waals surface area (Å²) < 4.78 is 12.0. The molecule has 2 heterocycles. The lowest BCUT2D eigenvalue weighted by atomic mass is 9.96. The summed E-state index contributed by atoms with van der Waals surface area (Å²) in [6, 6.07) is 11.1. The summed E-state index contributed by atoms with van der Waals surface area (Å²) in [6.45, 7) is 9.20. The number of hydrogen-bond acceptors (Lipinski definition) is 4. The van der Waals surface area contributed by atoms with Crippen molar-refractivity contribution in [2.75, 3.05) is 13.2 Å². The standard InChI is InChI=1S/C26H29NO4/c1-5-7-12-30-19-10-8-9-18(15-19)23-22-24(28)21-17(4)13-16(3)14-20(21)31-25(22)26(29)27(23)11-6-2/h8-10,13-15,23H,5-7,11-12H2,1-4H3. The Balaban J connectivity index is 1.89. The van der Waals surface area contributed by atoms with Gasteiger partial charge >= 0.3 is 0 Å². The van der Waals surface area contributed by atoms with E-state index in [1.807, 2.05) is 57.2 Å². The summed E-state index contributed by atoms with van der Waals surface area (Å²) >= 11 is 0. The largest absolute Gasteiger partial charge is 0.494 e. The Kier molecular flexibility index (Phi) is 5.86. The maximum absolute atomic E-state index is 13.7. The van der Waals surface area contributed by atoms with Crippen LogP contribution in [0.15, 0.2) is 45.6 Å². The van der Waals surface area contributed by atoms with Crippen LogP contribution in [0.5, 0.6) is 5.75 Å². The molecule has 1 amide bonds. The van der Waals surface area contributed by atoms with Crippen LogP contribution in [-0.2, 0) is 0 Å². The number of ether oxygens (including phenoxy) is 1. The minimum absolute atomic E-state index is 0.122. The summed E-state index contributed by atoms with van der Waals surface area (Å²) in [6.07, 6.45) is 2.82. The van der Waals surface area contributed by atoms with Crippen molar-refractivity contribution in [1.29, 1.82) is 0 Å². The third-order valence-corrected chi connectivity index (χ3v) is 5.82. The minimum atomic E-state index is -0.474. The Labute approximate surface area is 182 Å². The van der Waals surface area contributed by atoms with Crippen molar-refractivity contribution in [2.45, 2.75) is 53.0 Å². The summed E-state index contributed by atoms with van der Waals surface area (Å²) in [4.78, 5) is 28.7. The van der Waals surface area contributed by atoms with Gasteiger partial charge in [-0.05, 0) is 61.6 Å². The normalized spacial score (nSPS) is 15.5. The van der Waals surface area contributed by atoms with E-state index in [9.17, 15) is 9.59 Å². The number of aryl methyl sites for hydroxylation is 2. The average molecular weight is 420 g/mol. The first-order chi connectivity index (χ1) is 15.0. The Hall–Kier alpha value is -3.08. The lowest BCUT2D eigenvalue weighted by Crippen LogP contribution is -2.30. The predicted molar refractivity (Wildman–Crippen MR) is 122 cm³/mol. The molecule has 0 saturated carbocycles. The van der Waals surface area contributed by atoms with Gasteiger partial charge in [-0.25, -0.2) is 0 Å². The van der Waals surface area contributed by atoms with Crippen LogP contribution in [-0.4, -0.2) is 24.0 Å². The Morgan fingerprint density at radius 1 is 1.06 bits per heavy atom. The van der Waals surface area contributed by atoms with Gasteiger partial charge in [0.2, 0.25) is 5.76 Å². The molecule has 0 spiro atoms. The fourth-order valence-electron chi connectivity index (χ4n) is 4.44. The molecule has 162 valence electrons. The molecular weight excluding hydrogens is 390 g/mol. The van der Waals surface area contributed by atoms with E-state index >= 15 is 0 Å². The van der Waals surface area contributed by atoms with Gasteiger partial charge in [0, 0.05) is 6.54 Å². The van der Waals surface area contributed by atoms with Crippen molar-refractivity contribution >= 4 is 16.9 Å². The molecule has 1 atom stereocenters. The quantitative estimate of drug-likeness (QED) is 0.472. The molecule has 3 aromatic rings. The smallest absolute Gasteiger partial charge is 0.290 e. The first kappa shape index (κ1) is 21.2. The van der Waals surface area contributed by atoms with Gasteiger partial charge in [-0.15, -0.1) is 0 Å². The molecule has 0 fully saturated rings. The van der Waals surface area contributed by atoms with Gasteiger partial charge < -0.3 is 14.1 Å². The second-order valence-corrected chi connectivity index (χ2v) is 8.30. The average Bonchev–Trinajstić information content (AvgIpc) is 3.01. The molecule has 0 saturated heterocycles. The first-order valence-corrected chi connectivity index (χ1v) is 11.1. The SMILES string of the molecule is CCCCOc1cccc(C2c3c(oc4cc(C)cc(C)c4c3=O)C(=O)N2CCC)c1. The van der Waals surface area contributed by atoms with Gasteiger partial charge in [0.1, 0.15) is 11.3 Å². The van der Waals surface area contributed by atoms with E-state index in [2.05, 4.69) is 6.92 Å². The first-order valence-electron chi connectivity index (χ1n) is 11.1. The van der Waals surface area contributed by atoms with E-state index in [0.717, 1.165) is 41.7 Å². The Bertz CT molecular complexity index is 1190. The van der Waals surface area contributed by atoms with E-state index in [0.29, 0.717) is 29.7 Å². The number of hydrogen-bond donors (Lipinski definition) is 0. The molecule has 0 N–H and O–H groups in total. The maximum Gasteiger partial charge on any atom is 0.290 e. The van der Waals surface area contributed by atoms with Crippen molar-refractivity contribution in [3.8, 4) is 5.75 Å². The lowest BCUT2D eigenvalue weighted by molar-refractivity contribution is 0.0728. The molecule has 0 bridgehead atoms. The number of carbonyl (C=O) groups excluding carboxylic acids is 1. The lowest BCUT2D eigenvalue weighted by Gasteiger charge is -2.25. The highest BCUT2D eigenvalue weighted by atomic mass is 16.5. The zero-order chi connectivity index (χ0) is 22.1. The molecular formula is C26H29NO4. The molecule has 31 heavy (non-hydrogen) atoms. The number of benzene rings is 2. The van der Waals surface area contributed by atoms with E-state index in [-0.39, 0.29) is 17.1 Å². The molecule has 1 aliphatic heterocycles. The number of fused-ring (bicyclic) bond motifs is 2. The highest BCUT2D eigenvalue weighted by Crippen LogP contribution is 2.39. The molecule has 1 aromatic heterocycles. The van der Waals surface area contributed by atoms with Crippen LogP contribution in [0.1, 0.15) is 72.0 Å². The highest BCUT2D eigenvalue weighted by molar-refractivity contribution is 5.99. The van der Waals surface area contributed by atoms with Crippen LogP contribution in [0.2, 0.25) is 0 Å². The van der Waals surface area contributed by atoms with Crippen LogP contribution in [0.4, 0.5) is 0 Å². The second kappa shape index (κ2) is 8.58.